The van der Waals surface area contributed by atoms with Crippen molar-refractivity contribution >= 4 is 34.8 Å². The van der Waals surface area contributed by atoms with E-state index in [0.29, 0.717) is 11.6 Å². The maximum absolute atomic E-state index is 4.32. The van der Waals surface area contributed by atoms with Crippen molar-refractivity contribution in [2.75, 3.05) is 10.9 Å². The molecule has 4 aromatic rings. The highest BCUT2D eigenvalue weighted by molar-refractivity contribution is 5.98. The van der Waals surface area contributed by atoms with Crippen LogP contribution < -0.4 is 10.9 Å². The molecule has 4 rings (SSSR count). The van der Waals surface area contributed by atoms with Gasteiger partial charge in [0.2, 0.25) is 0 Å². The van der Waals surface area contributed by atoms with Crippen LogP contribution in [-0.2, 0) is 12.8 Å². The topological polar surface area (TPSA) is 74.6 Å². The van der Waals surface area contributed by atoms with E-state index < -0.39 is 0 Å². The van der Waals surface area contributed by atoms with Crippen LogP contribution in [0.5, 0.6) is 0 Å². The molecule has 0 aliphatic rings. The quantitative estimate of drug-likeness (QED) is 0.254. The molecular weight excluding hydrogens is 396 g/mol. The van der Waals surface area contributed by atoms with E-state index in [2.05, 4.69) is 79.8 Å². The van der Waals surface area contributed by atoms with Crippen molar-refractivity contribution in [1.82, 2.24) is 10.2 Å². The van der Waals surface area contributed by atoms with Crippen LogP contribution >= 0.6 is 0 Å². The number of rotatable bonds is 10. The molecule has 3 aromatic carbocycles. The number of fused-ring (bicyclic) bond motifs is 1. The Morgan fingerprint density at radius 1 is 0.562 bits per heavy atom. The van der Waals surface area contributed by atoms with Gasteiger partial charge in [-0.2, -0.15) is 10.2 Å². The molecule has 0 aliphatic carbocycles. The molecule has 6 nitrogen and oxygen atoms in total. The Morgan fingerprint density at radius 3 is 1.41 bits per heavy atom. The third-order valence-electron chi connectivity index (χ3n) is 5.02. The van der Waals surface area contributed by atoms with E-state index in [9.17, 15) is 0 Å². The highest BCUT2D eigenvalue weighted by atomic mass is 15.4. The van der Waals surface area contributed by atoms with Crippen molar-refractivity contribution in [2.45, 2.75) is 25.7 Å². The van der Waals surface area contributed by atoms with Gasteiger partial charge in [-0.15, -0.1) is 10.2 Å². The minimum Gasteiger partial charge on any atom is -0.260 e. The maximum atomic E-state index is 4.32. The van der Waals surface area contributed by atoms with Crippen LogP contribution in [0.2, 0.25) is 0 Å². The number of hydrogen-bond acceptors (Lipinski definition) is 6. The molecule has 6 heteroatoms. The lowest BCUT2D eigenvalue weighted by atomic mass is 10.1. The average molecular weight is 423 g/mol. The first-order valence-electron chi connectivity index (χ1n) is 10.8. The SMILES string of the molecule is C(/CCc1ccccc1)=N/Nc1nnc(N/N=C/CCc2ccccc2)c2ccccc12. The predicted molar refractivity (Wildman–Crippen MR) is 133 cm³/mol. The number of hydrazone groups is 2. The monoisotopic (exact) mass is 422 g/mol. The summed E-state index contributed by atoms with van der Waals surface area (Å²) in [6, 6.07) is 28.7. The standard InChI is InChI=1S/C26H26N6/c1-3-11-21(12-4-1)15-9-19-27-29-25-23-17-7-8-18-24(23)26(32-31-25)30-28-20-10-16-22-13-5-2-6-14-22/h1-8,11-14,17-20H,9-10,15-16H2,(H,29,31)(H,30,32)/b27-19-,28-20+. The first kappa shape index (κ1) is 21.2. The molecule has 0 amide bonds. The van der Waals surface area contributed by atoms with Crippen molar-refractivity contribution in [2.24, 2.45) is 10.2 Å². The number of aryl methyl sites for hydroxylation is 2. The second kappa shape index (κ2) is 11.4. The molecule has 0 atom stereocenters. The molecular formula is C26H26N6. The normalized spacial score (nSPS) is 11.4. The molecule has 0 spiro atoms. The summed E-state index contributed by atoms with van der Waals surface area (Å²) in [6.45, 7) is 0. The Bertz CT molecular complexity index is 1080. The highest BCUT2D eigenvalue weighted by Crippen LogP contribution is 2.25. The molecule has 1 aromatic heterocycles. The molecule has 1 heterocycles. The largest absolute Gasteiger partial charge is 0.260 e. The fourth-order valence-electron chi connectivity index (χ4n) is 3.36. The fourth-order valence-corrected chi connectivity index (χ4v) is 3.36. The molecule has 32 heavy (non-hydrogen) atoms. The zero-order valence-corrected chi connectivity index (χ0v) is 17.9. The lowest BCUT2D eigenvalue weighted by Gasteiger charge is -2.08. The Labute approximate surface area is 188 Å². The molecule has 0 unspecified atom stereocenters. The summed E-state index contributed by atoms with van der Waals surface area (Å²) in [5, 5.41) is 19.1. The minimum absolute atomic E-state index is 0.621. The Hall–Kier alpha value is -4.06. The summed E-state index contributed by atoms with van der Waals surface area (Å²) >= 11 is 0. The zero-order chi connectivity index (χ0) is 21.8. The van der Waals surface area contributed by atoms with Crippen molar-refractivity contribution < 1.29 is 0 Å². The van der Waals surface area contributed by atoms with Crippen molar-refractivity contribution in [3.63, 3.8) is 0 Å². The molecule has 0 bridgehead atoms. The smallest absolute Gasteiger partial charge is 0.176 e. The lowest BCUT2D eigenvalue weighted by Crippen LogP contribution is -2.01. The van der Waals surface area contributed by atoms with Gasteiger partial charge in [-0.3, -0.25) is 10.9 Å². The first-order valence-corrected chi connectivity index (χ1v) is 10.8. The van der Waals surface area contributed by atoms with E-state index in [4.69, 9.17) is 0 Å². The van der Waals surface area contributed by atoms with Gasteiger partial charge in [0.15, 0.2) is 11.6 Å². The van der Waals surface area contributed by atoms with Crippen LogP contribution in [0.3, 0.4) is 0 Å². The van der Waals surface area contributed by atoms with Crippen molar-refractivity contribution in [1.29, 1.82) is 0 Å². The summed E-state index contributed by atoms with van der Waals surface area (Å²) in [4.78, 5) is 0. The fraction of sp³-hybridized carbons (Fsp3) is 0.154. The van der Waals surface area contributed by atoms with Crippen LogP contribution in [-0.4, -0.2) is 22.6 Å². The highest BCUT2D eigenvalue weighted by Gasteiger charge is 2.07. The van der Waals surface area contributed by atoms with Crippen LogP contribution in [0.4, 0.5) is 11.6 Å². The van der Waals surface area contributed by atoms with Gasteiger partial charge < -0.3 is 0 Å². The summed E-state index contributed by atoms with van der Waals surface area (Å²) in [5.41, 5.74) is 8.64. The number of hydrogen-bond donors (Lipinski definition) is 2. The van der Waals surface area contributed by atoms with Gasteiger partial charge >= 0.3 is 0 Å². The van der Waals surface area contributed by atoms with Crippen LogP contribution in [0.1, 0.15) is 24.0 Å². The van der Waals surface area contributed by atoms with Gasteiger partial charge in [-0.1, -0.05) is 84.9 Å². The Balaban J connectivity index is 1.34. The molecule has 0 fully saturated rings. The van der Waals surface area contributed by atoms with Crippen LogP contribution in [0.25, 0.3) is 10.8 Å². The predicted octanol–water partition coefficient (Wildman–Crippen LogP) is 5.69. The molecule has 0 saturated carbocycles. The van der Waals surface area contributed by atoms with Crippen molar-refractivity contribution in [3.05, 3.63) is 96.1 Å². The number of nitrogens with one attached hydrogen (secondary N) is 2. The summed E-state index contributed by atoms with van der Waals surface area (Å²) < 4.78 is 0. The molecule has 160 valence electrons. The lowest BCUT2D eigenvalue weighted by molar-refractivity contribution is 1.02. The summed E-state index contributed by atoms with van der Waals surface area (Å²) in [7, 11) is 0. The van der Waals surface area contributed by atoms with Crippen molar-refractivity contribution in [3.8, 4) is 0 Å². The Kier molecular flexibility index (Phi) is 7.52. The molecule has 2 N–H and O–H groups in total. The van der Waals surface area contributed by atoms with E-state index >= 15 is 0 Å². The third kappa shape index (κ3) is 5.98. The van der Waals surface area contributed by atoms with Gasteiger partial charge in [-0.25, -0.2) is 0 Å². The summed E-state index contributed by atoms with van der Waals surface area (Å²) in [5.74, 6) is 1.24. The van der Waals surface area contributed by atoms with Gasteiger partial charge in [-0.05, 0) is 36.8 Å². The van der Waals surface area contributed by atoms with E-state index in [1.54, 1.807) is 0 Å². The molecule has 0 radical (unpaired) electrons. The van der Waals surface area contributed by atoms with Gasteiger partial charge in [0.25, 0.3) is 0 Å². The van der Waals surface area contributed by atoms with Crippen LogP contribution in [0, 0.1) is 0 Å². The maximum Gasteiger partial charge on any atom is 0.176 e. The second-order valence-corrected chi connectivity index (χ2v) is 7.34. The van der Waals surface area contributed by atoms with E-state index in [0.717, 1.165) is 36.5 Å². The Morgan fingerprint density at radius 2 is 0.969 bits per heavy atom. The summed E-state index contributed by atoms with van der Waals surface area (Å²) in [6.07, 6.45) is 7.33. The third-order valence-corrected chi connectivity index (χ3v) is 5.02. The van der Waals surface area contributed by atoms with Crippen LogP contribution in [0.15, 0.2) is 95.1 Å². The van der Waals surface area contributed by atoms with E-state index in [-0.39, 0.29) is 0 Å². The molecule has 0 saturated heterocycles. The number of nitrogens with zero attached hydrogens (tertiary/aromatic N) is 4. The zero-order valence-electron chi connectivity index (χ0n) is 17.9. The van der Waals surface area contributed by atoms with Gasteiger partial charge in [0.05, 0.1) is 0 Å². The number of benzene rings is 3. The molecule has 0 aliphatic heterocycles. The van der Waals surface area contributed by atoms with Gasteiger partial charge in [0, 0.05) is 23.2 Å². The minimum atomic E-state index is 0.621. The number of anilines is 2. The average Bonchev–Trinajstić information content (AvgIpc) is 2.86. The van der Waals surface area contributed by atoms with E-state index in [1.165, 1.54) is 11.1 Å². The van der Waals surface area contributed by atoms with E-state index in [1.807, 2.05) is 48.8 Å². The number of aromatic nitrogens is 2. The first-order chi connectivity index (χ1) is 15.9. The second-order valence-electron chi connectivity index (χ2n) is 7.34. The van der Waals surface area contributed by atoms with Gasteiger partial charge in [0.1, 0.15) is 0 Å².